The molecule has 22 N–H and O–H groups in total. The van der Waals surface area contributed by atoms with Crippen LogP contribution in [-0.2, 0) is 68.7 Å². The summed E-state index contributed by atoms with van der Waals surface area (Å²) in [6, 6.07) is -7.09. The highest BCUT2D eigenvalue weighted by Gasteiger charge is 2.44. The molecule has 1 saturated heterocycles. The SMILES string of the molecule is CC[C@H](C)[C@@H]1NC(=O)[C@@H](CCCNC(=N)N)NC(=O)[C@H](CC(C)C)NC(=O)[C@H]([C@H](O)C(C)C)NC(=O)[C@@H](NC(=O)[C@H](Cc2ccc([N+](=O)[O-])cc2)NC(=O)[C@H](N)CC(C)C)[C@@H](c2ccccc2)OC(=O)[C@H](CO)NC(=O)[C@H]([C@H](O)C(N)=O)NC(=O)CNC(=O)[C@H]([C@H](C)O)NC1=O. The normalized spacial score (nSPS) is 23.8. The van der Waals surface area contributed by atoms with Crippen LogP contribution in [-0.4, -0.2) is 201 Å². The van der Waals surface area contributed by atoms with Gasteiger partial charge in [-0.05, 0) is 67.4 Å². The van der Waals surface area contributed by atoms with Gasteiger partial charge in [-0.3, -0.25) is 68.3 Å². The second kappa shape index (κ2) is 38.8. The Bertz CT molecular complexity index is 3050. The molecule has 2 aromatic rings. The van der Waals surface area contributed by atoms with Crippen molar-refractivity contribution >= 4 is 82.6 Å². The fourth-order valence-electron chi connectivity index (χ4n) is 9.77. The third kappa shape index (κ3) is 25.4. The number of amides is 11. The van der Waals surface area contributed by atoms with Crippen LogP contribution >= 0.6 is 0 Å². The second-order valence-corrected chi connectivity index (χ2v) is 24.6. The van der Waals surface area contributed by atoms with E-state index in [-0.39, 0.29) is 61.4 Å². The number of carbonyl (C=O) groups excluding carboxylic acids is 12. The summed E-state index contributed by atoms with van der Waals surface area (Å²) in [5.41, 5.74) is 16.8. The van der Waals surface area contributed by atoms with Gasteiger partial charge < -0.3 is 101 Å². The molecule has 1 fully saturated rings. The average molecular weight is 1360 g/mol. The van der Waals surface area contributed by atoms with Crippen LogP contribution < -0.4 is 75.7 Å². The molecule has 2 aromatic carbocycles. The molecule has 0 unspecified atom stereocenters. The first kappa shape index (κ1) is 80.8. The molecule has 1 heterocycles. The number of ether oxygens (including phenoxy) is 1. The summed E-state index contributed by atoms with van der Waals surface area (Å²) >= 11 is 0. The summed E-state index contributed by atoms with van der Waals surface area (Å²) in [6.07, 6.45) is -8.89. The van der Waals surface area contributed by atoms with Gasteiger partial charge in [-0.2, -0.15) is 0 Å². The number of guanidine groups is 1. The van der Waals surface area contributed by atoms with Crippen molar-refractivity contribution in [3.8, 4) is 0 Å². The number of nitrogens with two attached hydrogens (primary N) is 3. The average Bonchev–Trinajstić information content (AvgIpc) is 1.22. The standard InChI is InChI=1S/C61H94N16O19/c1-10-31(8)42-56(89)74-43(32(9)79)55(88)67-26-41(80)72-45(48(82)50(63)83)58(91)71-40(27-78)60(93)96-49(34-15-12-11-13-16-34)46(76-54(87)39(69-51(84)36(62)23-28(2)3)25-33-18-20-35(21-19-33)77(94)95)59(92)75-44(47(81)30(6)7)57(90)70-38(24-29(4)5)53(86)68-37(52(85)73-42)17-14-22-66-61(64)65/h11-13,15-16,18-21,28-32,36-40,42-49,78-79,81-82H,10,14,17,22-27,62H2,1-9H3,(H2,63,83)(H,67,88)(H,68,86)(H,69,84)(H,70,90)(H,71,91)(H,72,80)(H,73,85)(H,74,89)(H,75,92)(H,76,87)(H4,64,65,66)/t31-,32-,36+,37+,38-,39-,40-,42-,43-,44-,45-,46-,47+,48-,49+/m0/s1. The van der Waals surface area contributed by atoms with Gasteiger partial charge in [0.25, 0.3) is 5.69 Å². The Labute approximate surface area is 554 Å². The number of nitro benzene ring substituents is 1. The van der Waals surface area contributed by atoms with Crippen molar-refractivity contribution in [1.82, 2.24) is 58.5 Å². The molecule has 15 atom stereocenters. The van der Waals surface area contributed by atoms with Gasteiger partial charge >= 0.3 is 5.97 Å². The number of carbonyl (C=O) groups is 12. The molecule has 35 nitrogen and oxygen atoms in total. The fraction of sp³-hybridized carbons (Fsp3) is 0.590. The van der Waals surface area contributed by atoms with Crippen molar-refractivity contribution in [2.45, 2.75) is 186 Å². The van der Waals surface area contributed by atoms with Crippen molar-refractivity contribution in [3.63, 3.8) is 0 Å². The third-order valence-corrected chi connectivity index (χ3v) is 15.4. The maximum absolute atomic E-state index is 15.5. The highest BCUT2D eigenvalue weighted by Crippen LogP contribution is 2.25. The predicted octanol–water partition coefficient (Wildman–Crippen LogP) is -5.12. The lowest BCUT2D eigenvalue weighted by atomic mass is 9.95. The van der Waals surface area contributed by atoms with Crippen LogP contribution in [0.25, 0.3) is 0 Å². The molecule has 3 rings (SSSR count). The van der Waals surface area contributed by atoms with Gasteiger partial charge in [-0.15, -0.1) is 0 Å². The van der Waals surface area contributed by atoms with Gasteiger partial charge in [0.15, 0.2) is 24.2 Å². The van der Waals surface area contributed by atoms with Crippen molar-refractivity contribution in [2.75, 3.05) is 19.7 Å². The molecule has 11 amide bonds. The molecule has 0 spiro atoms. The number of aliphatic hydroxyl groups is 4. The number of benzene rings is 2. The Hall–Kier alpha value is -9.45. The van der Waals surface area contributed by atoms with Crippen LogP contribution in [0, 0.1) is 39.2 Å². The molecule has 0 radical (unpaired) electrons. The third-order valence-electron chi connectivity index (χ3n) is 15.4. The first-order valence-electron chi connectivity index (χ1n) is 31.3. The van der Waals surface area contributed by atoms with E-state index in [0.717, 1.165) is 19.1 Å². The van der Waals surface area contributed by atoms with E-state index in [1.807, 2.05) is 10.6 Å². The van der Waals surface area contributed by atoms with Crippen LogP contribution in [0.15, 0.2) is 54.6 Å². The number of primary amides is 1. The summed E-state index contributed by atoms with van der Waals surface area (Å²) in [6.45, 7) is 11.6. The number of hydrogen-bond acceptors (Lipinski definition) is 21. The van der Waals surface area contributed by atoms with Gasteiger partial charge in [0.1, 0.15) is 48.3 Å². The minimum absolute atomic E-state index is 0.0109. The second-order valence-electron chi connectivity index (χ2n) is 24.6. The van der Waals surface area contributed by atoms with Crippen molar-refractivity contribution in [3.05, 3.63) is 75.8 Å². The minimum atomic E-state index is -2.62. The lowest BCUT2D eigenvalue weighted by molar-refractivity contribution is -0.384. The first-order valence-corrected chi connectivity index (χ1v) is 31.3. The Kier molecular flexibility index (Phi) is 32.6. The molecular formula is C61H94N16O19. The Balaban J connectivity index is 2.46. The van der Waals surface area contributed by atoms with E-state index >= 15 is 9.59 Å². The van der Waals surface area contributed by atoms with Crippen LogP contribution in [0.3, 0.4) is 0 Å². The highest BCUT2D eigenvalue weighted by molar-refractivity contribution is 6.00. The van der Waals surface area contributed by atoms with E-state index in [1.165, 1.54) is 56.3 Å². The Morgan fingerprint density at radius 1 is 0.698 bits per heavy atom. The lowest BCUT2D eigenvalue weighted by Gasteiger charge is -2.33. The minimum Gasteiger partial charge on any atom is -0.453 e. The topological polar surface area (TPSA) is 572 Å². The van der Waals surface area contributed by atoms with Crippen LogP contribution in [0.5, 0.6) is 0 Å². The Morgan fingerprint density at radius 3 is 1.80 bits per heavy atom. The maximum Gasteiger partial charge on any atom is 0.331 e. The summed E-state index contributed by atoms with van der Waals surface area (Å²) in [4.78, 5) is 182. The van der Waals surface area contributed by atoms with Crippen molar-refractivity contribution < 1.29 is 87.6 Å². The fourth-order valence-corrected chi connectivity index (χ4v) is 9.77. The van der Waals surface area contributed by atoms with E-state index in [1.54, 1.807) is 41.5 Å². The van der Waals surface area contributed by atoms with Gasteiger partial charge in [-0.1, -0.05) is 104 Å². The molecular weight excluding hydrogens is 1260 g/mol. The number of nitrogens with one attached hydrogen (secondary N) is 12. The van der Waals surface area contributed by atoms with Crippen molar-refractivity contribution in [1.29, 1.82) is 5.41 Å². The van der Waals surface area contributed by atoms with E-state index < -0.39 is 204 Å². The highest BCUT2D eigenvalue weighted by atomic mass is 16.6. The van der Waals surface area contributed by atoms with Gasteiger partial charge in [-0.25, -0.2) is 4.79 Å². The molecule has 0 aliphatic carbocycles. The summed E-state index contributed by atoms with van der Waals surface area (Å²) in [5.74, 6) is -18.0. The van der Waals surface area contributed by atoms with Gasteiger partial charge in [0.2, 0.25) is 65.0 Å². The molecule has 0 saturated carbocycles. The molecule has 0 bridgehead atoms. The van der Waals surface area contributed by atoms with Crippen LogP contribution in [0.2, 0.25) is 0 Å². The summed E-state index contributed by atoms with van der Waals surface area (Å²) in [5, 5.41) is 89.7. The molecule has 35 heteroatoms. The lowest BCUT2D eigenvalue weighted by Crippen LogP contribution is -2.64. The van der Waals surface area contributed by atoms with Gasteiger partial charge in [0, 0.05) is 25.1 Å². The first-order chi connectivity index (χ1) is 45.0. The van der Waals surface area contributed by atoms with Crippen LogP contribution in [0.1, 0.15) is 112 Å². The molecule has 1 aliphatic heterocycles. The monoisotopic (exact) mass is 1350 g/mol. The molecule has 96 heavy (non-hydrogen) atoms. The number of hydrogen-bond donors (Lipinski definition) is 19. The van der Waals surface area contributed by atoms with Crippen LogP contribution in [0.4, 0.5) is 5.69 Å². The predicted molar refractivity (Wildman–Crippen MR) is 343 cm³/mol. The molecule has 0 aromatic heterocycles. The number of nitro groups is 1. The number of rotatable bonds is 24. The van der Waals surface area contributed by atoms with E-state index in [9.17, 15) is 78.5 Å². The number of esters is 1. The van der Waals surface area contributed by atoms with E-state index in [0.29, 0.717) is 0 Å². The number of nitrogens with zero attached hydrogens (tertiary/aromatic N) is 1. The maximum atomic E-state index is 15.5. The number of aliphatic hydroxyl groups excluding tert-OH is 4. The zero-order valence-corrected chi connectivity index (χ0v) is 55.0. The molecule has 532 valence electrons. The zero-order valence-electron chi connectivity index (χ0n) is 55.0. The summed E-state index contributed by atoms with van der Waals surface area (Å²) in [7, 11) is 0. The number of non-ortho nitro benzene ring substituents is 1. The van der Waals surface area contributed by atoms with E-state index in [4.69, 9.17) is 27.3 Å². The zero-order chi connectivity index (χ0) is 72.4. The largest absolute Gasteiger partial charge is 0.453 e. The summed E-state index contributed by atoms with van der Waals surface area (Å²) < 4.78 is 5.93. The van der Waals surface area contributed by atoms with Crippen molar-refractivity contribution in [2.24, 2.45) is 40.9 Å². The quantitative estimate of drug-likeness (QED) is 0.0117. The van der Waals surface area contributed by atoms with E-state index in [2.05, 4.69) is 47.9 Å². The smallest absolute Gasteiger partial charge is 0.331 e. The molecule has 1 aliphatic rings. The number of cyclic esters (lactones) is 1. The van der Waals surface area contributed by atoms with Gasteiger partial charge in [0.05, 0.1) is 36.3 Å². The Morgan fingerprint density at radius 2 is 1.26 bits per heavy atom.